The van der Waals surface area contributed by atoms with E-state index in [0.29, 0.717) is 6.04 Å². The standard InChI is InChI=1S/C24H28N6O/c1-24(2,3)27-16-9-10-30(14-16)17-11-15-5-8-20(26-23(15)25-13-17)22-19-7-6-18(31)12-21(19)28-29(22)4/h5-8,11-13,16,27,31H,9-10,14H2,1-4H3/t16-/m0/s1. The predicted molar refractivity (Wildman–Crippen MR) is 124 cm³/mol. The minimum Gasteiger partial charge on any atom is -0.508 e. The van der Waals surface area contributed by atoms with Gasteiger partial charge in [-0.2, -0.15) is 5.10 Å². The number of anilines is 1. The minimum absolute atomic E-state index is 0.122. The molecule has 4 heterocycles. The van der Waals surface area contributed by atoms with Crippen molar-refractivity contribution in [3.63, 3.8) is 0 Å². The third kappa shape index (κ3) is 3.81. The molecule has 0 radical (unpaired) electrons. The molecule has 1 saturated heterocycles. The van der Waals surface area contributed by atoms with Crippen molar-refractivity contribution in [2.75, 3.05) is 18.0 Å². The van der Waals surface area contributed by atoms with Crippen molar-refractivity contribution in [3.05, 3.63) is 42.6 Å². The van der Waals surface area contributed by atoms with Gasteiger partial charge in [0.05, 0.1) is 28.8 Å². The molecule has 0 saturated carbocycles. The van der Waals surface area contributed by atoms with Crippen LogP contribution < -0.4 is 10.2 Å². The van der Waals surface area contributed by atoms with Crippen LogP contribution in [0.25, 0.3) is 33.3 Å². The molecule has 31 heavy (non-hydrogen) atoms. The predicted octanol–water partition coefficient (Wildman–Crippen LogP) is 3.86. The SMILES string of the molecule is Cn1nc2cc(O)ccc2c1-c1ccc2cc(N3CC[C@H](NC(C)(C)C)C3)cnc2n1. The molecule has 0 aliphatic carbocycles. The van der Waals surface area contributed by atoms with Gasteiger partial charge in [0.1, 0.15) is 5.75 Å². The maximum atomic E-state index is 9.75. The average Bonchev–Trinajstić information content (AvgIpc) is 3.29. The van der Waals surface area contributed by atoms with E-state index in [9.17, 15) is 5.11 Å². The van der Waals surface area contributed by atoms with Gasteiger partial charge in [0, 0.05) is 48.6 Å². The average molecular weight is 417 g/mol. The van der Waals surface area contributed by atoms with E-state index in [-0.39, 0.29) is 11.3 Å². The molecule has 7 heteroatoms. The number of aromatic hydroxyl groups is 1. The summed E-state index contributed by atoms with van der Waals surface area (Å²) in [5, 5.41) is 19.9. The third-order valence-corrected chi connectivity index (χ3v) is 5.78. The van der Waals surface area contributed by atoms with Gasteiger partial charge in [0.15, 0.2) is 5.65 Å². The Morgan fingerprint density at radius 3 is 2.77 bits per heavy atom. The van der Waals surface area contributed by atoms with Crippen molar-refractivity contribution in [3.8, 4) is 17.1 Å². The number of phenols is 1. The number of benzene rings is 1. The lowest BCUT2D eigenvalue weighted by Gasteiger charge is -2.26. The van der Waals surface area contributed by atoms with Crippen molar-refractivity contribution in [1.29, 1.82) is 0 Å². The minimum atomic E-state index is 0.122. The zero-order valence-electron chi connectivity index (χ0n) is 18.4. The monoisotopic (exact) mass is 416 g/mol. The maximum Gasteiger partial charge on any atom is 0.159 e. The van der Waals surface area contributed by atoms with Crippen LogP contribution in [-0.4, -0.2) is 49.5 Å². The van der Waals surface area contributed by atoms with Crippen LogP contribution >= 0.6 is 0 Å². The Hall–Kier alpha value is -3.19. The molecule has 160 valence electrons. The molecule has 1 aromatic carbocycles. The van der Waals surface area contributed by atoms with E-state index in [0.717, 1.165) is 58.5 Å². The summed E-state index contributed by atoms with van der Waals surface area (Å²) < 4.78 is 1.80. The largest absolute Gasteiger partial charge is 0.508 e. The molecule has 2 N–H and O–H groups in total. The summed E-state index contributed by atoms with van der Waals surface area (Å²) in [7, 11) is 1.89. The Morgan fingerprint density at radius 2 is 1.97 bits per heavy atom. The smallest absolute Gasteiger partial charge is 0.159 e. The fraction of sp³-hybridized carbons (Fsp3) is 0.375. The lowest BCUT2D eigenvalue weighted by Crippen LogP contribution is -2.44. The van der Waals surface area contributed by atoms with Gasteiger partial charge in [-0.05, 0) is 57.5 Å². The summed E-state index contributed by atoms with van der Waals surface area (Å²) in [5.74, 6) is 0.208. The lowest BCUT2D eigenvalue weighted by atomic mass is 10.1. The topological polar surface area (TPSA) is 79.1 Å². The Balaban J connectivity index is 1.45. The second kappa shape index (κ2) is 7.20. The van der Waals surface area contributed by atoms with Gasteiger partial charge in [-0.15, -0.1) is 0 Å². The summed E-state index contributed by atoms with van der Waals surface area (Å²) in [6.07, 6.45) is 3.06. The Morgan fingerprint density at radius 1 is 1.13 bits per heavy atom. The Kier molecular flexibility index (Phi) is 4.59. The number of rotatable bonds is 3. The number of phenolic OH excluding ortho intramolecular Hbond substituents is 1. The van der Waals surface area contributed by atoms with Gasteiger partial charge in [-0.1, -0.05) is 0 Å². The van der Waals surface area contributed by atoms with Crippen LogP contribution in [0.1, 0.15) is 27.2 Å². The highest BCUT2D eigenvalue weighted by atomic mass is 16.3. The molecule has 0 bridgehead atoms. The number of hydrogen-bond acceptors (Lipinski definition) is 6. The Labute approximate surface area is 181 Å². The van der Waals surface area contributed by atoms with E-state index in [4.69, 9.17) is 4.98 Å². The van der Waals surface area contributed by atoms with Crippen molar-refractivity contribution in [2.24, 2.45) is 7.05 Å². The molecule has 0 amide bonds. The summed E-state index contributed by atoms with van der Waals surface area (Å²) in [6, 6.07) is 12.0. The molecule has 7 nitrogen and oxygen atoms in total. The maximum absolute atomic E-state index is 9.75. The summed E-state index contributed by atoms with van der Waals surface area (Å²) in [4.78, 5) is 11.9. The van der Waals surface area contributed by atoms with E-state index in [1.807, 2.05) is 25.4 Å². The van der Waals surface area contributed by atoms with Gasteiger partial charge in [-0.3, -0.25) is 4.68 Å². The van der Waals surface area contributed by atoms with Crippen LogP contribution in [0, 0.1) is 0 Å². The molecule has 1 aliphatic heterocycles. The van der Waals surface area contributed by atoms with Gasteiger partial charge >= 0.3 is 0 Å². The number of aromatic nitrogens is 4. The number of hydrogen-bond donors (Lipinski definition) is 2. The highest BCUT2D eigenvalue weighted by Crippen LogP contribution is 2.31. The van der Waals surface area contributed by atoms with Crippen molar-refractivity contribution in [2.45, 2.75) is 38.8 Å². The van der Waals surface area contributed by atoms with Gasteiger partial charge in [0.25, 0.3) is 0 Å². The lowest BCUT2D eigenvalue weighted by molar-refractivity contribution is 0.373. The van der Waals surface area contributed by atoms with Crippen molar-refractivity contribution < 1.29 is 5.11 Å². The fourth-order valence-corrected chi connectivity index (χ4v) is 4.52. The number of nitrogens with one attached hydrogen (secondary N) is 1. The quantitative estimate of drug-likeness (QED) is 0.528. The zero-order chi connectivity index (χ0) is 21.8. The van der Waals surface area contributed by atoms with E-state index in [1.165, 1.54) is 0 Å². The molecule has 4 aromatic rings. The number of aryl methyl sites for hydroxylation is 1. The highest BCUT2D eigenvalue weighted by molar-refractivity contribution is 5.94. The van der Waals surface area contributed by atoms with Crippen LogP contribution in [0.3, 0.4) is 0 Å². The van der Waals surface area contributed by atoms with Crippen LogP contribution in [0.15, 0.2) is 42.6 Å². The van der Waals surface area contributed by atoms with Crippen LogP contribution in [-0.2, 0) is 7.05 Å². The molecule has 5 rings (SSSR count). The first kappa shape index (κ1) is 19.8. The van der Waals surface area contributed by atoms with Crippen LogP contribution in [0.2, 0.25) is 0 Å². The highest BCUT2D eigenvalue weighted by Gasteiger charge is 2.26. The van der Waals surface area contributed by atoms with Crippen LogP contribution in [0.4, 0.5) is 5.69 Å². The molecule has 1 atom stereocenters. The number of nitrogens with zero attached hydrogens (tertiary/aromatic N) is 5. The molecule has 0 spiro atoms. The van der Waals surface area contributed by atoms with Crippen LogP contribution in [0.5, 0.6) is 5.75 Å². The van der Waals surface area contributed by atoms with Crippen molar-refractivity contribution >= 4 is 27.6 Å². The van der Waals surface area contributed by atoms with Gasteiger partial charge in [0.2, 0.25) is 0 Å². The van der Waals surface area contributed by atoms with E-state index in [1.54, 1.807) is 16.8 Å². The first-order chi connectivity index (χ1) is 14.8. The van der Waals surface area contributed by atoms with E-state index in [2.05, 4.69) is 53.2 Å². The normalized spacial score (nSPS) is 17.2. The molecule has 1 aliphatic rings. The molecule has 3 aromatic heterocycles. The van der Waals surface area contributed by atoms with Gasteiger partial charge < -0.3 is 15.3 Å². The summed E-state index contributed by atoms with van der Waals surface area (Å²) in [5.41, 5.74) is 4.46. The molecule has 1 fully saturated rings. The van der Waals surface area contributed by atoms with Crippen molar-refractivity contribution in [1.82, 2.24) is 25.1 Å². The third-order valence-electron chi connectivity index (χ3n) is 5.78. The summed E-state index contributed by atoms with van der Waals surface area (Å²) in [6.45, 7) is 8.66. The first-order valence-electron chi connectivity index (χ1n) is 10.7. The molecular weight excluding hydrogens is 388 g/mol. The number of pyridine rings is 2. The second-order valence-corrected chi connectivity index (χ2v) is 9.44. The fourth-order valence-electron chi connectivity index (χ4n) is 4.52. The molecular formula is C24H28N6O. The zero-order valence-corrected chi connectivity index (χ0v) is 18.4. The molecule has 0 unspecified atom stereocenters. The second-order valence-electron chi connectivity index (χ2n) is 9.44. The summed E-state index contributed by atoms with van der Waals surface area (Å²) >= 11 is 0. The van der Waals surface area contributed by atoms with E-state index < -0.39 is 0 Å². The Bertz CT molecular complexity index is 1270. The van der Waals surface area contributed by atoms with E-state index >= 15 is 0 Å². The number of fused-ring (bicyclic) bond motifs is 2. The first-order valence-corrected chi connectivity index (χ1v) is 10.7. The van der Waals surface area contributed by atoms with Gasteiger partial charge in [-0.25, -0.2) is 9.97 Å².